The zero-order valence-corrected chi connectivity index (χ0v) is 18.4. The SMILES string of the molecule is O=S(=O)(Nc1cc(Cl)c(Cl)cc1NS(=O)(=O)c1cccs1)c1cccc(Cl)c1. The second-order valence-corrected chi connectivity index (χ2v) is 11.2. The standard InChI is InChI=1S/C16H11Cl3N2O4S3/c17-10-3-1-4-11(7-10)27(22,23)20-14-8-12(18)13(19)9-15(14)21-28(24,25)16-5-2-6-26-16/h1-9,20-21H. The summed E-state index contributed by atoms with van der Waals surface area (Å²) in [5.41, 5.74) is -0.164. The minimum Gasteiger partial charge on any atom is -0.277 e. The summed E-state index contributed by atoms with van der Waals surface area (Å²) in [4.78, 5) is -0.0989. The van der Waals surface area contributed by atoms with E-state index in [9.17, 15) is 16.8 Å². The Morgan fingerprint density at radius 1 is 0.750 bits per heavy atom. The number of halogens is 3. The van der Waals surface area contributed by atoms with Gasteiger partial charge in [0.2, 0.25) is 0 Å². The van der Waals surface area contributed by atoms with E-state index < -0.39 is 20.0 Å². The second kappa shape index (κ2) is 8.10. The van der Waals surface area contributed by atoms with Gasteiger partial charge in [-0.15, -0.1) is 11.3 Å². The van der Waals surface area contributed by atoms with E-state index in [0.29, 0.717) is 0 Å². The molecule has 0 aliphatic heterocycles. The van der Waals surface area contributed by atoms with Crippen molar-refractivity contribution in [2.75, 3.05) is 9.44 Å². The van der Waals surface area contributed by atoms with Gasteiger partial charge in [0.05, 0.1) is 26.3 Å². The Bertz CT molecular complexity index is 1230. The molecule has 0 atom stereocenters. The maximum absolute atomic E-state index is 12.7. The summed E-state index contributed by atoms with van der Waals surface area (Å²) in [5, 5.41) is 1.93. The molecule has 0 fully saturated rings. The van der Waals surface area contributed by atoms with Crippen molar-refractivity contribution in [3.05, 3.63) is 69.0 Å². The third-order valence-electron chi connectivity index (χ3n) is 3.42. The molecule has 12 heteroatoms. The molecule has 0 saturated heterocycles. The van der Waals surface area contributed by atoms with Crippen LogP contribution in [0.25, 0.3) is 0 Å². The lowest BCUT2D eigenvalue weighted by Crippen LogP contribution is -2.17. The Morgan fingerprint density at radius 2 is 1.36 bits per heavy atom. The highest BCUT2D eigenvalue weighted by molar-refractivity contribution is 7.94. The normalized spacial score (nSPS) is 12.0. The third kappa shape index (κ3) is 4.73. The summed E-state index contributed by atoms with van der Waals surface area (Å²) in [6.07, 6.45) is 0. The minimum absolute atomic E-state index is 0.0459. The smallest absolute Gasteiger partial charge is 0.271 e. The first kappa shape index (κ1) is 21.2. The molecular weight excluding hydrogens is 487 g/mol. The molecule has 28 heavy (non-hydrogen) atoms. The number of nitrogens with one attached hydrogen (secondary N) is 2. The Labute approximate surface area is 181 Å². The topological polar surface area (TPSA) is 92.3 Å². The van der Waals surface area contributed by atoms with Crippen LogP contribution in [0.1, 0.15) is 0 Å². The van der Waals surface area contributed by atoms with Gasteiger partial charge in [0, 0.05) is 5.02 Å². The monoisotopic (exact) mass is 496 g/mol. The van der Waals surface area contributed by atoms with Gasteiger partial charge in [-0.05, 0) is 41.8 Å². The number of anilines is 2. The lowest BCUT2D eigenvalue weighted by Gasteiger charge is -2.15. The molecule has 0 unspecified atom stereocenters. The molecule has 0 amide bonds. The molecule has 148 valence electrons. The van der Waals surface area contributed by atoms with E-state index in [1.54, 1.807) is 11.4 Å². The number of rotatable bonds is 6. The second-order valence-electron chi connectivity index (χ2n) is 5.41. The number of hydrogen-bond acceptors (Lipinski definition) is 5. The maximum Gasteiger partial charge on any atom is 0.271 e. The van der Waals surface area contributed by atoms with Crippen LogP contribution in [0.4, 0.5) is 11.4 Å². The number of thiophene rings is 1. The average molecular weight is 498 g/mol. The zero-order chi connectivity index (χ0) is 20.5. The highest BCUT2D eigenvalue weighted by atomic mass is 35.5. The van der Waals surface area contributed by atoms with Gasteiger partial charge >= 0.3 is 0 Å². The lowest BCUT2D eigenvalue weighted by atomic mass is 10.3. The molecule has 0 spiro atoms. The molecule has 1 aromatic heterocycles. The molecule has 0 radical (unpaired) electrons. The summed E-state index contributed by atoms with van der Waals surface area (Å²) in [7, 11) is -8.00. The van der Waals surface area contributed by atoms with Crippen molar-refractivity contribution in [2.45, 2.75) is 9.10 Å². The molecule has 0 saturated carbocycles. The summed E-state index contributed by atoms with van der Waals surface area (Å²) in [6, 6.07) is 11.1. The van der Waals surface area contributed by atoms with E-state index in [1.165, 1.54) is 42.5 Å². The summed E-state index contributed by atoms with van der Waals surface area (Å²) in [5.74, 6) is 0. The van der Waals surface area contributed by atoms with Crippen molar-refractivity contribution >= 4 is 77.6 Å². The van der Waals surface area contributed by atoms with Gasteiger partial charge in [-0.25, -0.2) is 16.8 Å². The highest BCUT2D eigenvalue weighted by Gasteiger charge is 2.22. The zero-order valence-electron chi connectivity index (χ0n) is 13.7. The van der Waals surface area contributed by atoms with Crippen molar-refractivity contribution < 1.29 is 16.8 Å². The van der Waals surface area contributed by atoms with Crippen molar-refractivity contribution in [1.29, 1.82) is 0 Å². The lowest BCUT2D eigenvalue weighted by molar-refractivity contribution is 0.599. The number of sulfonamides is 2. The average Bonchev–Trinajstić information content (AvgIpc) is 3.14. The highest BCUT2D eigenvalue weighted by Crippen LogP contribution is 2.35. The first-order valence-corrected chi connectivity index (χ1v) is 12.4. The molecule has 0 aliphatic rings. The first-order chi connectivity index (χ1) is 13.1. The fourth-order valence-electron chi connectivity index (χ4n) is 2.17. The van der Waals surface area contributed by atoms with Gasteiger partial charge in [0.25, 0.3) is 20.0 Å². The number of benzene rings is 2. The van der Waals surface area contributed by atoms with Gasteiger partial charge in [-0.1, -0.05) is 46.9 Å². The van der Waals surface area contributed by atoms with Gasteiger partial charge < -0.3 is 0 Å². The molecule has 0 aliphatic carbocycles. The van der Waals surface area contributed by atoms with Crippen LogP contribution in [0.5, 0.6) is 0 Å². The van der Waals surface area contributed by atoms with Crippen LogP contribution in [-0.2, 0) is 20.0 Å². The maximum atomic E-state index is 12.7. The number of hydrogen-bond donors (Lipinski definition) is 2. The van der Waals surface area contributed by atoms with Crippen LogP contribution in [0.2, 0.25) is 15.1 Å². The molecule has 2 aromatic carbocycles. The largest absolute Gasteiger partial charge is 0.277 e. The van der Waals surface area contributed by atoms with Gasteiger partial charge in [-0.2, -0.15) is 0 Å². The van der Waals surface area contributed by atoms with E-state index in [-0.39, 0.29) is 35.5 Å². The van der Waals surface area contributed by atoms with Crippen LogP contribution in [0.15, 0.2) is 63.0 Å². The first-order valence-electron chi connectivity index (χ1n) is 7.42. The van der Waals surface area contributed by atoms with Crippen LogP contribution in [0.3, 0.4) is 0 Å². The van der Waals surface area contributed by atoms with Crippen molar-refractivity contribution in [3.63, 3.8) is 0 Å². The Hall–Kier alpha value is -1.49. The summed E-state index contributed by atoms with van der Waals surface area (Å²) >= 11 is 18.8. The molecule has 0 bridgehead atoms. The van der Waals surface area contributed by atoms with E-state index in [4.69, 9.17) is 34.8 Å². The third-order valence-corrected chi connectivity index (χ3v) is 8.50. The summed E-state index contributed by atoms with van der Waals surface area (Å²) in [6.45, 7) is 0. The Morgan fingerprint density at radius 3 is 1.89 bits per heavy atom. The van der Waals surface area contributed by atoms with Gasteiger partial charge in [0.15, 0.2) is 0 Å². The minimum atomic E-state index is -4.07. The van der Waals surface area contributed by atoms with E-state index in [2.05, 4.69) is 9.44 Å². The Kier molecular flexibility index (Phi) is 6.14. The molecular formula is C16H11Cl3N2O4S3. The van der Waals surface area contributed by atoms with Gasteiger partial charge in [-0.3, -0.25) is 9.44 Å². The van der Waals surface area contributed by atoms with E-state index in [0.717, 1.165) is 11.3 Å². The van der Waals surface area contributed by atoms with Crippen molar-refractivity contribution in [3.8, 4) is 0 Å². The fourth-order valence-corrected chi connectivity index (χ4v) is 5.93. The summed E-state index contributed by atoms with van der Waals surface area (Å²) < 4.78 is 55.1. The van der Waals surface area contributed by atoms with E-state index >= 15 is 0 Å². The van der Waals surface area contributed by atoms with Crippen LogP contribution < -0.4 is 9.44 Å². The van der Waals surface area contributed by atoms with Crippen molar-refractivity contribution in [2.24, 2.45) is 0 Å². The van der Waals surface area contributed by atoms with Crippen LogP contribution in [0, 0.1) is 0 Å². The predicted octanol–water partition coefficient (Wildman–Crippen LogP) is 5.31. The van der Waals surface area contributed by atoms with Gasteiger partial charge in [0.1, 0.15) is 4.21 Å². The molecule has 3 rings (SSSR count). The van der Waals surface area contributed by atoms with E-state index in [1.807, 2.05) is 0 Å². The van der Waals surface area contributed by atoms with Crippen LogP contribution in [-0.4, -0.2) is 16.8 Å². The quantitative estimate of drug-likeness (QED) is 0.483. The molecule has 1 heterocycles. The van der Waals surface area contributed by atoms with Crippen molar-refractivity contribution in [1.82, 2.24) is 0 Å². The molecule has 6 nitrogen and oxygen atoms in total. The Balaban J connectivity index is 2.03. The predicted molar refractivity (Wildman–Crippen MR) is 114 cm³/mol. The fraction of sp³-hybridized carbons (Fsp3) is 0. The van der Waals surface area contributed by atoms with Crippen LogP contribution >= 0.6 is 46.1 Å². The molecule has 2 N–H and O–H groups in total. The molecule has 3 aromatic rings.